The van der Waals surface area contributed by atoms with Crippen LogP contribution >= 0.6 is 0 Å². The highest BCUT2D eigenvalue weighted by Gasteiger charge is 2.21. The number of carbonyl (C=O) groups is 2. The SMILES string of the molecule is CN=C1C=Cc2cccc3ccc(N)c1c23.CN=C1C=Cc2cccc3ccc(NC)c1c23.CNc1ccc2cccc3c2c1C(=O)C=C3.N=C1C=Cc2cccc3ccc(N)c1c23.Nc1ccc2cccc3c2c1C(=O)C=C3. The smallest absolute Gasteiger partial charge is 0.188 e. The molecule has 0 unspecified atom stereocenters. The van der Waals surface area contributed by atoms with Crippen molar-refractivity contribution in [2.24, 2.45) is 9.98 Å². The van der Waals surface area contributed by atoms with Crippen LogP contribution in [0.2, 0.25) is 0 Å². The number of hydrogen-bond donors (Lipinski definition) is 6. The molecular weight excluding hydrogens is 973 g/mol. The minimum Gasteiger partial charge on any atom is -0.398 e. The van der Waals surface area contributed by atoms with E-state index in [1.165, 1.54) is 38.2 Å². The predicted octanol–water partition coefficient (Wildman–Crippen LogP) is 14.7. The van der Waals surface area contributed by atoms with E-state index in [1.54, 1.807) is 31.3 Å². The molecule has 79 heavy (non-hydrogen) atoms. The number of anilines is 5. The number of ketones is 2. The van der Waals surface area contributed by atoms with Crippen molar-refractivity contribution in [2.75, 3.05) is 56.0 Å². The fourth-order valence-electron chi connectivity index (χ4n) is 11.2. The van der Waals surface area contributed by atoms with E-state index in [-0.39, 0.29) is 11.6 Å². The Morgan fingerprint density at radius 1 is 0.342 bits per heavy atom. The van der Waals surface area contributed by atoms with Crippen LogP contribution in [0.4, 0.5) is 28.4 Å². The Kier molecular flexibility index (Phi) is 13.7. The van der Waals surface area contributed by atoms with Gasteiger partial charge in [0.15, 0.2) is 11.6 Å². The van der Waals surface area contributed by atoms with Crippen LogP contribution in [0.15, 0.2) is 192 Å². The maximum absolute atomic E-state index is 11.9. The lowest BCUT2D eigenvalue weighted by molar-refractivity contribution is 0.104. The molecule has 0 bridgehead atoms. The molecule has 10 aromatic rings. The lowest BCUT2D eigenvalue weighted by Crippen LogP contribution is -2.07. The Hall–Kier alpha value is -10.5. The maximum Gasteiger partial charge on any atom is 0.188 e. The number of hydrogen-bond acceptors (Lipinski definition) is 10. The van der Waals surface area contributed by atoms with E-state index in [2.05, 4.69) is 93.4 Å². The summed E-state index contributed by atoms with van der Waals surface area (Å²) in [5, 5.41) is 25.7. The van der Waals surface area contributed by atoms with Gasteiger partial charge in [-0.25, -0.2) is 0 Å². The van der Waals surface area contributed by atoms with Gasteiger partial charge in [0.1, 0.15) is 0 Å². The van der Waals surface area contributed by atoms with Crippen molar-refractivity contribution in [3.63, 3.8) is 0 Å². The first kappa shape index (κ1) is 50.7. The molecule has 5 aliphatic rings. The first-order chi connectivity index (χ1) is 38.5. The van der Waals surface area contributed by atoms with Gasteiger partial charge in [-0.3, -0.25) is 19.6 Å². The van der Waals surface area contributed by atoms with Gasteiger partial charge >= 0.3 is 0 Å². The molecule has 10 heteroatoms. The molecule has 5 aliphatic carbocycles. The molecule has 0 amide bonds. The highest BCUT2D eigenvalue weighted by molar-refractivity contribution is 6.28. The number of aliphatic imine (C=N–C) groups is 2. The number of carbonyl (C=O) groups excluding carboxylic acids is 2. The Morgan fingerprint density at radius 3 is 1.10 bits per heavy atom. The molecule has 384 valence electrons. The molecule has 0 atom stereocenters. The average Bonchev–Trinajstić information content (AvgIpc) is 3.57. The van der Waals surface area contributed by atoms with E-state index in [0.717, 1.165) is 94.2 Å². The minimum absolute atomic E-state index is 0.00296. The van der Waals surface area contributed by atoms with E-state index in [1.807, 2.05) is 136 Å². The third kappa shape index (κ3) is 9.21. The molecule has 0 radical (unpaired) electrons. The molecule has 0 fully saturated rings. The normalized spacial score (nSPS) is 14.4. The summed E-state index contributed by atoms with van der Waals surface area (Å²) in [6, 6.07) is 50.7. The zero-order valence-corrected chi connectivity index (χ0v) is 44.2. The monoisotopic (exact) mass is 1030 g/mol. The van der Waals surface area contributed by atoms with Crippen molar-refractivity contribution >= 4 is 141 Å². The minimum atomic E-state index is -0.00296. The summed E-state index contributed by atoms with van der Waals surface area (Å²) in [7, 11) is 7.43. The molecule has 0 saturated heterocycles. The number of benzene rings is 10. The molecule has 0 spiro atoms. The van der Waals surface area contributed by atoms with Gasteiger partial charge in [0, 0.05) is 100 Å². The van der Waals surface area contributed by atoms with Crippen LogP contribution in [0.3, 0.4) is 0 Å². The second-order valence-corrected chi connectivity index (χ2v) is 19.3. The first-order valence-electron chi connectivity index (χ1n) is 25.9. The number of nitrogens with zero attached hydrogens (tertiary/aromatic N) is 2. The zero-order valence-electron chi connectivity index (χ0n) is 44.2. The van der Waals surface area contributed by atoms with E-state index in [4.69, 9.17) is 22.6 Å². The van der Waals surface area contributed by atoms with Crippen LogP contribution in [0.1, 0.15) is 65.2 Å². The third-order valence-electron chi connectivity index (χ3n) is 14.9. The first-order valence-corrected chi connectivity index (χ1v) is 25.9. The molecule has 15 rings (SSSR count). The molecule has 0 saturated carbocycles. The molecule has 0 aliphatic heterocycles. The number of nitrogens with one attached hydrogen (secondary N) is 3. The highest BCUT2D eigenvalue weighted by Crippen LogP contribution is 2.37. The molecule has 9 N–H and O–H groups in total. The molecule has 10 nitrogen and oxygen atoms in total. The van der Waals surface area contributed by atoms with Crippen LogP contribution in [-0.4, -0.2) is 56.9 Å². The van der Waals surface area contributed by atoms with Crippen molar-refractivity contribution in [1.82, 2.24) is 0 Å². The topological polar surface area (TPSA) is 185 Å². The van der Waals surface area contributed by atoms with Crippen LogP contribution in [0.5, 0.6) is 0 Å². The van der Waals surface area contributed by atoms with Gasteiger partial charge in [-0.05, 0) is 115 Å². The second-order valence-electron chi connectivity index (χ2n) is 19.3. The fraction of sp³-hybridized carbons (Fsp3) is 0.0580. The van der Waals surface area contributed by atoms with Crippen molar-refractivity contribution in [2.45, 2.75) is 0 Å². The summed E-state index contributed by atoms with van der Waals surface area (Å²) in [5.74, 6) is 0.0745. The molecule has 0 aromatic heterocycles. The lowest BCUT2D eigenvalue weighted by Gasteiger charge is -2.18. The average molecular weight is 1030 g/mol. The van der Waals surface area contributed by atoms with E-state index >= 15 is 0 Å². The summed E-state index contributed by atoms with van der Waals surface area (Å²) in [4.78, 5) is 32.3. The third-order valence-corrected chi connectivity index (χ3v) is 14.9. The van der Waals surface area contributed by atoms with Gasteiger partial charge in [-0.1, -0.05) is 152 Å². The Morgan fingerprint density at radius 2 is 0.658 bits per heavy atom. The van der Waals surface area contributed by atoms with Gasteiger partial charge in [-0.2, -0.15) is 0 Å². The van der Waals surface area contributed by atoms with E-state index in [9.17, 15) is 9.59 Å². The van der Waals surface area contributed by atoms with Crippen molar-refractivity contribution < 1.29 is 9.59 Å². The van der Waals surface area contributed by atoms with Crippen molar-refractivity contribution in [3.05, 3.63) is 238 Å². The van der Waals surface area contributed by atoms with Crippen molar-refractivity contribution in [1.29, 1.82) is 5.41 Å². The van der Waals surface area contributed by atoms with E-state index < -0.39 is 0 Å². The summed E-state index contributed by atoms with van der Waals surface area (Å²) >= 11 is 0. The summed E-state index contributed by atoms with van der Waals surface area (Å²) in [6.07, 6.45) is 19.0. The summed E-state index contributed by atoms with van der Waals surface area (Å²) < 4.78 is 0. The standard InChI is InChI=1S/C15H14N2.C14H12N2.C14H11NO.C13H10N2.C13H9NO/c1-16-12-8-6-10-4-3-5-11-7-9-13(17-2)15(12)14(10)11;1-16-12-8-6-10-4-2-3-9-5-7-11(15)14(12)13(9)10;1-15-11-7-5-9-3-2-4-10-6-8-12(16)14(11)13(9)10;2*14-10-6-4-8-2-1-3-9-5-7-11(15)13(10)12(8)9/h3-9,16H,1-2H3;2-8H,15H2,1H3;2-8,15H,1H3;1-7,14H,15H2;1-7H,14H2. The van der Waals surface area contributed by atoms with Crippen LogP contribution < -0.4 is 27.8 Å². The van der Waals surface area contributed by atoms with Gasteiger partial charge < -0.3 is 33.2 Å². The van der Waals surface area contributed by atoms with E-state index in [0.29, 0.717) is 22.6 Å². The maximum atomic E-state index is 11.9. The van der Waals surface area contributed by atoms with Crippen LogP contribution in [-0.2, 0) is 0 Å². The van der Waals surface area contributed by atoms with Crippen LogP contribution in [0.25, 0.3) is 84.2 Å². The Balaban J connectivity index is 0.000000105. The summed E-state index contributed by atoms with van der Waals surface area (Å²) in [5.41, 5.74) is 34.8. The van der Waals surface area contributed by atoms with Gasteiger partial charge in [0.05, 0.1) is 28.3 Å². The molecule has 10 aromatic carbocycles. The zero-order chi connectivity index (χ0) is 54.9. The fourth-order valence-corrected chi connectivity index (χ4v) is 11.2. The number of rotatable bonds is 2. The van der Waals surface area contributed by atoms with Crippen molar-refractivity contribution in [3.8, 4) is 0 Å². The van der Waals surface area contributed by atoms with Gasteiger partial charge in [0.25, 0.3) is 0 Å². The lowest BCUT2D eigenvalue weighted by atomic mass is 9.90. The second kappa shape index (κ2) is 21.3. The quantitative estimate of drug-likeness (QED) is 0.0931. The number of nitrogens with two attached hydrogens (primary N) is 3. The predicted molar refractivity (Wildman–Crippen MR) is 338 cm³/mol. The Bertz CT molecular complexity index is 4350. The largest absolute Gasteiger partial charge is 0.398 e. The van der Waals surface area contributed by atoms with Gasteiger partial charge in [-0.15, -0.1) is 0 Å². The van der Waals surface area contributed by atoms with Crippen LogP contribution in [0, 0.1) is 5.41 Å². The molecular formula is C69H56N8O2. The van der Waals surface area contributed by atoms with Gasteiger partial charge in [0.2, 0.25) is 0 Å². The number of allylic oxidation sites excluding steroid dienone is 5. The Labute approximate surface area is 457 Å². The summed E-state index contributed by atoms with van der Waals surface area (Å²) in [6.45, 7) is 0. The molecule has 0 heterocycles. The number of nitrogen functional groups attached to an aromatic ring is 3. The highest BCUT2D eigenvalue weighted by atomic mass is 16.1.